The molecule has 7 nitrogen and oxygen atoms in total. The first kappa shape index (κ1) is 24.0. The average Bonchev–Trinajstić information content (AvgIpc) is 3.42. The number of amides is 3. The van der Waals surface area contributed by atoms with Crippen LogP contribution in [0.3, 0.4) is 0 Å². The van der Waals surface area contributed by atoms with E-state index in [0.29, 0.717) is 30.1 Å². The molecular weight excluding hydrogens is 458 g/mol. The number of carbonyl (C=O) groups is 2. The van der Waals surface area contributed by atoms with Crippen LogP contribution in [0.5, 0.6) is 0 Å². The number of hydrogen-bond acceptors (Lipinski definition) is 5. The number of benzene rings is 1. The molecule has 33 heavy (non-hydrogen) atoms. The minimum absolute atomic E-state index is 0.287. The van der Waals surface area contributed by atoms with E-state index < -0.39 is 5.91 Å². The summed E-state index contributed by atoms with van der Waals surface area (Å²) in [4.78, 5) is 30.5. The van der Waals surface area contributed by atoms with Crippen molar-refractivity contribution in [1.82, 2.24) is 15.1 Å². The van der Waals surface area contributed by atoms with Crippen molar-refractivity contribution in [1.29, 1.82) is 0 Å². The van der Waals surface area contributed by atoms with Gasteiger partial charge in [0.1, 0.15) is 5.00 Å². The molecule has 3 heterocycles. The number of urea groups is 1. The number of nitrogens with one attached hydrogen (secondary N) is 2. The van der Waals surface area contributed by atoms with Crippen LogP contribution >= 0.6 is 22.9 Å². The van der Waals surface area contributed by atoms with E-state index in [0.717, 1.165) is 53.5 Å². The van der Waals surface area contributed by atoms with Gasteiger partial charge in [-0.15, -0.1) is 11.3 Å². The molecule has 3 amide bonds. The van der Waals surface area contributed by atoms with Crippen LogP contribution < -0.4 is 16.4 Å². The van der Waals surface area contributed by atoms with Crippen LogP contribution in [0, 0.1) is 0 Å². The van der Waals surface area contributed by atoms with Crippen molar-refractivity contribution in [2.75, 3.05) is 38.0 Å². The highest BCUT2D eigenvalue weighted by Crippen LogP contribution is 2.37. The molecule has 2 aliphatic rings. The summed E-state index contributed by atoms with van der Waals surface area (Å²) >= 11 is 7.77. The second kappa shape index (κ2) is 11.3. The maximum Gasteiger partial charge on any atom is 0.319 e. The van der Waals surface area contributed by atoms with Gasteiger partial charge in [-0.2, -0.15) is 0 Å². The van der Waals surface area contributed by atoms with Gasteiger partial charge in [-0.05, 0) is 68.9 Å². The van der Waals surface area contributed by atoms with Gasteiger partial charge in [0.15, 0.2) is 0 Å². The Bertz CT molecular complexity index is 989. The van der Waals surface area contributed by atoms with Crippen LogP contribution in [-0.2, 0) is 19.5 Å². The van der Waals surface area contributed by atoms with Gasteiger partial charge in [0.2, 0.25) is 0 Å². The second-order valence-electron chi connectivity index (χ2n) is 8.76. The van der Waals surface area contributed by atoms with Gasteiger partial charge in [0, 0.05) is 36.1 Å². The highest BCUT2D eigenvalue weighted by Gasteiger charge is 2.28. The number of hydrogen-bond donors (Lipinski definition) is 3. The molecule has 0 radical (unpaired) electrons. The minimum Gasteiger partial charge on any atom is -0.365 e. The molecule has 9 heteroatoms. The SMILES string of the molecule is NC(=O)c1c(NC(=O)NCCCCN2CCCC2)sc2c1CCN(Cc1ccccc1Cl)C2. The van der Waals surface area contributed by atoms with Crippen molar-refractivity contribution in [2.45, 2.75) is 45.2 Å². The fraction of sp³-hybridized carbons (Fsp3) is 0.500. The van der Waals surface area contributed by atoms with Crippen molar-refractivity contribution >= 4 is 39.9 Å². The van der Waals surface area contributed by atoms with Gasteiger partial charge in [0.25, 0.3) is 5.91 Å². The van der Waals surface area contributed by atoms with Crippen LogP contribution in [0.4, 0.5) is 9.80 Å². The Labute approximate surface area is 204 Å². The Morgan fingerprint density at radius 2 is 1.88 bits per heavy atom. The lowest BCUT2D eigenvalue weighted by atomic mass is 10.0. The summed E-state index contributed by atoms with van der Waals surface area (Å²) in [7, 11) is 0. The number of nitrogens with zero attached hydrogens (tertiary/aromatic N) is 2. The summed E-state index contributed by atoms with van der Waals surface area (Å²) in [6.45, 7) is 6.35. The van der Waals surface area contributed by atoms with Gasteiger partial charge in [-0.1, -0.05) is 29.8 Å². The van der Waals surface area contributed by atoms with Crippen LogP contribution in [0.2, 0.25) is 5.02 Å². The first-order chi connectivity index (χ1) is 16.0. The topological polar surface area (TPSA) is 90.7 Å². The quantitative estimate of drug-likeness (QED) is 0.463. The molecule has 1 aromatic carbocycles. The highest BCUT2D eigenvalue weighted by atomic mass is 35.5. The van der Waals surface area contributed by atoms with Gasteiger partial charge in [0.05, 0.1) is 5.56 Å². The maximum absolute atomic E-state index is 12.5. The fourth-order valence-electron chi connectivity index (χ4n) is 4.62. The Hall–Kier alpha value is -2.13. The van der Waals surface area contributed by atoms with E-state index in [1.807, 2.05) is 24.3 Å². The second-order valence-corrected chi connectivity index (χ2v) is 10.3. The third kappa shape index (κ3) is 6.26. The Balaban J connectivity index is 1.32. The Kier molecular flexibility index (Phi) is 8.25. The molecule has 4 rings (SSSR count). The average molecular weight is 490 g/mol. The maximum atomic E-state index is 12.5. The zero-order valence-electron chi connectivity index (χ0n) is 18.9. The minimum atomic E-state index is -0.493. The molecular formula is C24H32ClN5O2S. The molecule has 0 spiro atoms. The van der Waals surface area contributed by atoms with Gasteiger partial charge in [-0.3, -0.25) is 15.0 Å². The number of thiophene rings is 1. The lowest BCUT2D eigenvalue weighted by Crippen LogP contribution is -2.31. The van der Waals surface area contributed by atoms with E-state index in [1.165, 1.54) is 37.3 Å². The number of unbranched alkanes of at least 4 members (excludes halogenated alkanes) is 1. The number of halogens is 1. The van der Waals surface area contributed by atoms with Crippen molar-refractivity contribution in [3.8, 4) is 0 Å². The number of primary amides is 1. The van der Waals surface area contributed by atoms with Crippen molar-refractivity contribution < 1.29 is 9.59 Å². The highest BCUT2D eigenvalue weighted by molar-refractivity contribution is 7.17. The summed E-state index contributed by atoms with van der Waals surface area (Å²) < 4.78 is 0. The molecule has 1 aromatic heterocycles. The standard InChI is InChI=1S/C24H32ClN5O2S/c25-19-8-2-1-7-17(19)15-30-14-9-18-20(16-30)33-23(21(18)22(26)31)28-24(32)27-10-3-4-11-29-12-5-6-13-29/h1-2,7-8H,3-6,9-16H2,(H2,26,31)(H2,27,28,32). The number of nitrogens with two attached hydrogens (primary N) is 1. The molecule has 0 atom stereocenters. The first-order valence-corrected chi connectivity index (χ1v) is 12.9. The summed E-state index contributed by atoms with van der Waals surface area (Å²) in [6.07, 6.45) is 5.32. The number of carbonyl (C=O) groups excluding carboxylic acids is 2. The van der Waals surface area contributed by atoms with Crippen molar-refractivity contribution in [3.05, 3.63) is 50.9 Å². The molecule has 2 aromatic rings. The molecule has 0 aliphatic carbocycles. The third-order valence-electron chi connectivity index (χ3n) is 6.35. The van der Waals surface area contributed by atoms with Gasteiger partial charge < -0.3 is 16.0 Å². The van der Waals surface area contributed by atoms with E-state index in [2.05, 4.69) is 20.4 Å². The van der Waals surface area contributed by atoms with E-state index in [-0.39, 0.29) is 6.03 Å². The van der Waals surface area contributed by atoms with Gasteiger partial charge in [-0.25, -0.2) is 4.79 Å². The van der Waals surface area contributed by atoms with E-state index in [4.69, 9.17) is 17.3 Å². The Morgan fingerprint density at radius 3 is 2.64 bits per heavy atom. The van der Waals surface area contributed by atoms with E-state index >= 15 is 0 Å². The number of fused-ring (bicyclic) bond motifs is 1. The first-order valence-electron chi connectivity index (χ1n) is 11.7. The summed E-state index contributed by atoms with van der Waals surface area (Å²) in [6, 6.07) is 7.55. The zero-order chi connectivity index (χ0) is 23.2. The number of anilines is 1. The fourth-order valence-corrected chi connectivity index (χ4v) is 6.11. The Morgan fingerprint density at radius 1 is 1.09 bits per heavy atom. The van der Waals surface area contributed by atoms with E-state index in [9.17, 15) is 9.59 Å². The zero-order valence-corrected chi connectivity index (χ0v) is 20.4. The predicted molar refractivity (Wildman–Crippen MR) is 134 cm³/mol. The smallest absolute Gasteiger partial charge is 0.319 e. The number of rotatable bonds is 9. The van der Waals surface area contributed by atoms with Gasteiger partial charge >= 0.3 is 6.03 Å². The molecule has 1 fully saturated rings. The molecule has 0 bridgehead atoms. The molecule has 4 N–H and O–H groups in total. The normalized spacial score (nSPS) is 16.5. The van der Waals surface area contributed by atoms with Crippen LogP contribution in [0.25, 0.3) is 0 Å². The van der Waals surface area contributed by atoms with Crippen LogP contribution in [-0.4, -0.2) is 54.5 Å². The summed E-state index contributed by atoms with van der Waals surface area (Å²) in [5.74, 6) is -0.493. The van der Waals surface area contributed by atoms with E-state index in [1.54, 1.807) is 0 Å². The summed E-state index contributed by atoms with van der Waals surface area (Å²) in [5, 5.41) is 7.08. The predicted octanol–water partition coefficient (Wildman–Crippen LogP) is 4.06. The number of likely N-dealkylation sites (tertiary alicyclic amines) is 1. The monoisotopic (exact) mass is 489 g/mol. The van der Waals surface area contributed by atoms with Crippen LogP contribution in [0.15, 0.2) is 24.3 Å². The lowest BCUT2D eigenvalue weighted by molar-refractivity contribution is 0.0999. The third-order valence-corrected chi connectivity index (χ3v) is 7.85. The summed E-state index contributed by atoms with van der Waals surface area (Å²) in [5.41, 5.74) is 8.19. The van der Waals surface area contributed by atoms with Crippen molar-refractivity contribution in [2.24, 2.45) is 5.73 Å². The largest absolute Gasteiger partial charge is 0.365 e. The van der Waals surface area contributed by atoms with Crippen LogP contribution in [0.1, 0.15) is 52.0 Å². The molecule has 1 saturated heterocycles. The molecule has 0 unspecified atom stereocenters. The lowest BCUT2D eigenvalue weighted by Gasteiger charge is -2.27. The molecule has 2 aliphatic heterocycles. The van der Waals surface area contributed by atoms with Crippen molar-refractivity contribution in [3.63, 3.8) is 0 Å². The molecule has 0 saturated carbocycles. The molecule has 178 valence electrons.